The lowest BCUT2D eigenvalue weighted by Gasteiger charge is -2.06. The third-order valence-corrected chi connectivity index (χ3v) is 4.03. The predicted octanol–water partition coefficient (Wildman–Crippen LogP) is 4.52. The maximum absolute atomic E-state index is 5.42. The highest BCUT2D eigenvalue weighted by Gasteiger charge is 2.06. The van der Waals surface area contributed by atoms with Gasteiger partial charge < -0.3 is 14.3 Å². The Morgan fingerprint density at radius 3 is 2.85 bits per heavy atom. The molecule has 0 amide bonds. The van der Waals surface area contributed by atoms with Gasteiger partial charge in [-0.05, 0) is 42.0 Å². The number of imidazole rings is 1. The van der Waals surface area contributed by atoms with Gasteiger partial charge in [0.1, 0.15) is 5.75 Å². The van der Waals surface area contributed by atoms with E-state index in [-0.39, 0.29) is 0 Å². The standard InChI is InChI=1S/C15H13BrN2OS/c1-19-12-5-6-13-14(8-12)18(15(20)17-13)9-10-3-2-4-11(16)7-10/h2-8H,9H2,1H3,(H,17,20). The van der Waals surface area contributed by atoms with E-state index in [1.54, 1.807) is 7.11 Å². The summed E-state index contributed by atoms with van der Waals surface area (Å²) in [5.74, 6) is 0.828. The van der Waals surface area contributed by atoms with E-state index in [9.17, 15) is 0 Å². The highest BCUT2D eigenvalue weighted by Crippen LogP contribution is 2.22. The fourth-order valence-electron chi connectivity index (χ4n) is 2.23. The molecule has 1 N–H and O–H groups in total. The molecule has 0 bridgehead atoms. The summed E-state index contributed by atoms with van der Waals surface area (Å²) < 4.78 is 9.15. The largest absolute Gasteiger partial charge is 0.497 e. The molecule has 0 radical (unpaired) electrons. The van der Waals surface area contributed by atoms with Crippen LogP contribution >= 0.6 is 28.1 Å². The van der Waals surface area contributed by atoms with Gasteiger partial charge in [-0.25, -0.2) is 0 Å². The molecule has 0 saturated carbocycles. The van der Waals surface area contributed by atoms with Crippen molar-refractivity contribution in [3.8, 4) is 5.75 Å². The summed E-state index contributed by atoms with van der Waals surface area (Å²) in [6, 6.07) is 14.1. The quantitative estimate of drug-likeness (QED) is 0.705. The van der Waals surface area contributed by atoms with E-state index >= 15 is 0 Å². The first-order valence-electron chi connectivity index (χ1n) is 6.18. The Bertz CT molecular complexity index is 822. The van der Waals surface area contributed by atoms with Gasteiger partial charge in [-0.2, -0.15) is 0 Å². The Morgan fingerprint density at radius 1 is 1.25 bits per heavy atom. The van der Waals surface area contributed by atoms with E-state index in [4.69, 9.17) is 17.0 Å². The topological polar surface area (TPSA) is 29.9 Å². The number of fused-ring (bicyclic) bond motifs is 1. The number of aromatic nitrogens is 2. The molecule has 2 aromatic carbocycles. The molecule has 102 valence electrons. The Labute approximate surface area is 130 Å². The molecule has 0 aliphatic heterocycles. The first kappa shape index (κ1) is 13.4. The molecule has 0 unspecified atom stereocenters. The number of benzene rings is 2. The van der Waals surface area contributed by atoms with E-state index in [0.29, 0.717) is 4.77 Å². The van der Waals surface area contributed by atoms with Crippen molar-refractivity contribution in [2.45, 2.75) is 6.54 Å². The number of aromatic amines is 1. The summed E-state index contributed by atoms with van der Waals surface area (Å²) in [5.41, 5.74) is 3.26. The average molecular weight is 349 g/mol. The molecule has 0 atom stereocenters. The second kappa shape index (κ2) is 5.42. The molecular formula is C15H13BrN2OS. The number of H-pyrrole nitrogens is 1. The molecule has 0 spiro atoms. The third-order valence-electron chi connectivity index (χ3n) is 3.21. The van der Waals surface area contributed by atoms with E-state index in [0.717, 1.165) is 27.8 Å². The summed E-state index contributed by atoms with van der Waals surface area (Å²) in [7, 11) is 1.67. The maximum atomic E-state index is 5.42. The zero-order valence-corrected chi connectivity index (χ0v) is 13.3. The van der Waals surface area contributed by atoms with Crippen LogP contribution < -0.4 is 4.74 Å². The van der Waals surface area contributed by atoms with Crippen LogP contribution in [0.4, 0.5) is 0 Å². The number of rotatable bonds is 3. The van der Waals surface area contributed by atoms with Crippen LogP contribution in [0.3, 0.4) is 0 Å². The second-order valence-corrected chi connectivity index (χ2v) is 5.83. The van der Waals surface area contributed by atoms with Crippen LogP contribution in [0.2, 0.25) is 0 Å². The van der Waals surface area contributed by atoms with Gasteiger partial charge >= 0.3 is 0 Å². The van der Waals surface area contributed by atoms with Crippen molar-refractivity contribution in [3.63, 3.8) is 0 Å². The highest BCUT2D eigenvalue weighted by molar-refractivity contribution is 9.10. The van der Waals surface area contributed by atoms with Gasteiger partial charge in [0.05, 0.1) is 24.7 Å². The van der Waals surface area contributed by atoms with Crippen LogP contribution in [0, 0.1) is 4.77 Å². The zero-order valence-electron chi connectivity index (χ0n) is 10.9. The van der Waals surface area contributed by atoms with Gasteiger partial charge in [-0.15, -0.1) is 0 Å². The smallest absolute Gasteiger partial charge is 0.178 e. The van der Waals surface area contributed by atoms with Crippen LogP contribution in [0.1, 0.15) is 5.56 Å². The van der Waals surface area contributed by atoms with Crippen molar-refractivity contribution in [3.05, 3.63) is 57.3 Å². The van der Waals surface area contributed by atoms with Gasteiger partial charge in [0.15, 0.2) is 4.77 Å². The van der Waals surface area contributed by atoms with Crippen LogP contribution in [-0.4, -0.2) is 16.7 Å². The molecule has 5 heteroatoms. The number of ether oxygens (including phenoxy) is 1. The normalized spacial score (nSPS) is 10.9. The molecule has 3 aromatic rings. The van der Waals surface area contributed by atoms with Gasteiger partial charge in [0, 0.05) is 10.5 Å². The first-order chi connectivity index (χ1) is 9.67. The Kier molecular flexibility index (Phi) is 3.63. The number of nitrogens with one attached hydrogen (secondary N) is 1. The van der Waals surface area contributed by atoms with Crippen molar-refractivity contribution in [1.29, 1.82) is 0 Å². The number of halogens is 1. The van der Waals surface area contributed by atoms with Crippen molar-refractivity contribution in [2.24, 2.45) is 0 Å². The molecule has 3 rings (SSSR count). The maximum Gasteiger partial charge on any atom is 0.178 e. The number of methoxy groups -OCH3 is 1. The minimum absolute atomic E-state index is 0.716. The first-order valence-corrected chi connectivity index (χ1v) is 7.38. The number of hydrogen-bond acceptors (Lipinski definition) is 2. The molecule has 0 saturated heterocycles. The van der Waals surface area contributed by atoms with Crippen molar-refractivity contribution < 1.29 is 4.74 Å². The second-order valence-electron chi connectivity index (χ2n) is 4.53. The van der Waals surface area contributed by atoms with E-state index in [1.807, 2.05) is 30.3 Å². The summed E-state index contributed by atoms with van der Waals surface area (Å²) in [6.07, 6.45) is 0. The van der Waals surface area contributed by atoms with E-state index in [1.165, 1.54) is 5.56 Å². The minimum Gasteiger partial charge on any atom is -0.497 e. The molecule has 0 fully saturated rings. The number of hydrogen-bond donors (Lipinski definition) is 1. The lowest BCUT2D eigenvalue weighted by Crippen LogP contribution is -1.99. The van der Waals surface area contributed by atoms with Gasteiger partial charge in [0.25, 0.3) is 0 Å². The Morgan fingerprint density at radius 2 is 2.10 bits per heavy atom. The summed E-state index contributed by atoms with van der Waals surface area (Å²) in [6.45, 7) is 0.728. The van der Waals surface area contributed by atoms with Crippen LogP contribution in [0.5, 0.6) is 5.75 Å². The lowest BCUT2D eigenvalue weighted by atomic mass is 10.2. The fourth-order valence-corrected chi connectivity index (χ4v) is 2.95. The molecule has 20 heavy (non-hydrogen) atoms. The van der Waals surface area contributed by atoms with Gasteiger partial charge in [0.2, 0.25) is 0 Å². The van der Waals surface area contributed by atoms with Crippen LogP contribution in [0.15, 0.2) is 46.9 Å². The summed E-state index contributed by atoms with van der Waals surface area (Å²) in [5, 5.41) is 0. The van der Waals surface area contributed by atoms with E-state index in [2.05, 4.69) is 37.6 Å². The molecule has 1 heterocycles. The van der Waals surface area contributed by atoms with Crippen molar-refractivity contribution >= 4 is 39.2 Å². The average Bonchev–Trinajstić information content (AvgIpc) is 2.74. The molecule has 0 aliphatic carbocycles. The highest BCUT2D eigenvalue weighted by atomic mass is 79.9. The van der Waals surface area contributed by atoms with Gasteiger partial charge in [-0.1, -0.05) is 28.1 Å². The van der Waals surface area contributed by atoms with E-state index < -0.39 is 0 Å². The summed E-state index contributed by atoms with van der Waals surface area (Å²) >= 11 is 8.91. The SMILES string of the molecule is COc1ccc2[nH]c(=S)n(Cc3cccc(Br)c3)c2c1. The fraction of sp³-hybridized carbons (Fsp3) is 0.133. The molecule has 3 nitrogen and oxygen atoms in total. The Hall–Kier alpha value is -1.59. The monoisotopic (exact) mass is 348 g/mol. The lowest BCUT2D eigenvalue weighted by molar-refractivity contribution is 0.415. The van der Waals surface area contributed by atoms with Crippen molar-refractivity contribution in [2.75, 3.05) is 7.11 Å². The zero-order chi connectivity index (χ0) is 14.1. The summed E-state index contributed by atoms with van der Waals surface area (Å²) in [4.78, 5) is 3.22. The third kappa shape index (κ3) is 2.51. The number of nitrogens with zero attached hydrogens (tertiary/aromatic N) is 1. The molecule has 1 aromatic heterocycles. The van der Waals surface area contributed by atoms with Crippen LogP contribution in [0.25, 0.3) is 11.0 Å². The molecule has 0 aliphatic rings. The Balaban J connectivity index is 2.10. The minimum atomic E-state index is 0.716. The van der Waals surface area contributed by atoms with Crippen molar-refractivity contribution in [1.82, 2.24) is 9.55 Å². The molecular weight excluding hydrogens is 336 g/mol. The van der Waals surface area contributed by atoms with Gasteiger partial charge in [-0.3, -0.25) is 0 Å². The van der Waals surface area contributed by atoms with Crippen LogP contribution in [-0.2, 0) is 6.54 Å². The predicted molar refractivity (Wildman–Crippen MR) is 86.9 cm³/mol.